The molecule has 0 amide bonds. The van der Waals surface area contributed by atoms with Crippen molar-refractivity contribution in [2.45, 2.75) is 38.2 Å². The molecule has 0 radical (unpaired) electrons. The fraction of sp³-hybridized carbons (Fsp3) is 0.400. The lowest BCUT2D eigenvalue weighted by Gasteiger charge is -2.22. The van der Waals surface area contributed by atoms with Gasteiger partial charge in [-0.3, -0.25) is 0 Å². The zero-order chi connectivity index (χ0) is 14.1. The summed E-state index contributed by atoms with van der Waals surface area (Å²) in [6.45, 7) is 0. The molecule has 0 atom stereocenters. The largest absolute Gasteiger partial charge is 0.485 e. The van der Waals surface area contributed by atoms with Gasteiger partial charge in [-0.05, 0) is 43.9 Å². The third kappa shape index (κ3) is 2.48. The van der Waals surface area contributed by atoms with E-state index in [2.05, 4.69) is 0 Å². The number of carbonyl (C=O) groups is 1. The van der Waals surface area contributed by atoms with E-state index in [1.165, 1.54) is 6.42 Å². The molecule has 106 valence electrons. The van der Waals surface area contributed by atoms with Crippen LogP contribution in [-0.4, -0.2) is 17.2 Å². The van der Waals surface area contributed by atoms with Crippen LogP contribution in [0.2, 0.25) is 5.02 Å². The Labute approximate surface area is 121 Å². The van der Waals surface area contributed by atoms with E-state index >= 15 is 0 Å². The van der Waals surface area contributed by atoms with Crippen LogP contribution in [0.15, 0.2) is 22.6 Å². The first kappa shape index (κ1) is 13.3. The molecule has 4 nitrogen and oxygen atoms in total. The third-order valence-electron chi connectivity index (χ3n) is 3.64. The molecular weight excluding hydrogens is 280 g/mol. The summed E-state index contributed by atoms with van der Waals surface area (Å²) in [5.41, 5.74) is 0.484. The Morgan fingerprint density at radius 1 is 1.30 bits per heavy atom. The van der Waals surface area contributed by atoms with E-state index in [9.17, 15) is 9.90 Å². The summed E-state index contributed by atoms with van der Waals surface area (Å²) in [5, 5.41) is 10.4. The number of benzene rings is 1. The van der Waals surface area contributed by atoms with Crippen LogP contribution >= 0.6 is 11.6 Å². The summed E-state index contributed by atoms with van der Waals surface area (Å²) in [7, 11) is 0. The predicted octanol–water partition coefficient (Wildman–Crippen LogP) is 4.50. The molecule has 0 spiro atoms. The molecule has 0 aliphatic heterocycles. The predicted molar refractivity (Wildman–Crippen MR) is 75.7 cm³/mol. The second kappa shape index (κ2) is 5.37. The molecule has 1 fully saturated rings. The molecule has 5 heteroatoms. The van der Waals surface area contributed by atoms with E-state index in [0.29, 0.717) is 21.7 Å². The standard InChI is InChI=1S/C15H15ClO4/c16-9-6-7-12-11(8-9)13(14(20-12)15(17)18)19-10-4-2-1-3-5-10/h6-8,10H,1-5H2,(H,17,18). The molecule has 0 unspecified atom stereocenters. The van der Waals surface area contributed by atoms with Crippen molar-refractivity contribution in [2.24, 2.45) is 0 Å². The Morgan fingerprint density at radius 2 is 2.05 bits per heavy atom. The lowest BCUT2D eigenvalue weighted by Crippen LogP contribution is -2.20. The SMILES string of the molecule is O=C(O)c1oc2ccc(Cl)cc2c1OC1CCCCC1. The van der Waals surface area contributed by atoms with Crippen LogP contribution < -0.4 is 4.74 Å². The van der Waals surface area contributed by atoms with Gasteiger partial charge in [-0.15, -0.1) is 0 Å². The Kier molecular flexibility index (Phi) is 3.57. The Hall–Kier alpha value is -1.68. The van der Waals surface area contributed by atoms with Gasteiger partial charge < -0.3 is 14.3 Å². The molecular formula is C15H15ClO4. The van der Waals surface area contributed by atoms with Crippen LogP contribution in [0.25, 0.3) is 11.0 Å². The first-order chi connectivity index (χ1) is 9.65. The highest BCUT2D eigenvalue weighted by Crippen LogP contribution is 2.37. The highest BCUT2D eigenvalue weighted by molar-refractivity contribution is 6.31. The fourth-order valence-corrected chi connectivity index (χ4v) is 2.83. The van der Waals surface area contributed by atoms with Gasteiger partial charge in [-0.2, -0.15) is 0 Å². The Morgan fingerprint density at radius 3 is 2.75 bits per heavy atom. The number of hydrogen-bond acceptors (Lipinski definition) is 3. The number of furan rings is 1. The zero-order valence-electron chi connectivity index (χ0n) is 10.9. The summed E-state index contributed by atoms with van der Waals surface area (Å²) < 4.78 is 11.3. The van der Waals surface area contributed by atoms with Crippen LogP contribution in [0, 0.1) is 0 Å². The zero-order valence-corrected chi connectivity index (χ0v) is 11.7. The van der Waals surface area contributed by atoms with Crippen molar-refractivity contribution in [1.82, 2.24) is 0 Å². The molecule has 1 aromatic carbocycles. The van der Waals surface area contributed by atoms with Crippen LogP contribution in [0.1, 0.15) is 42.7 Å². The minimum atomic E-state index is -1.12. The number of carboxylic acids is 1. The van der Waals surface area contributed by atoms with Crippen LogP contribution in [0.4, 0.5) is 0 Å². The van der Waals surface area contributed by atoms with E-state index in [-0.39, 0.29) is 11.9 Å². The first-order valence-corrected chi connectivity index (χ1v) is 7.15. The molecule has 1 aromatic heterocycles. The van der Waals surface area contributed by atoms with Gasteiger partial charge in [0.2, 0.25) is 0 Å². The Bertz CT molecular complexity index is 641. The van der Waals surface area contributed by atoms with Gasteiger partial charge in [0, 0.05) is 5.02 Å². The van der Waals surface area contributed by atoms with Gasteiger partial charge in [-0.25, -0.2) is 4.79 Å². The number of fused-ring (bicyclic) bond motifs is 1. The third-order valence-corrected chi connectivity index (χ3v) is 3.87. The van der Waals surface area contributed by atoms with Gasteiger partial charge in [0.25, 0.3) is 5.76 Å². The lowest BCUT2D eigenvalue weighted by molar-refractivity contribution is 0.0650. The average Bonchev–Trinajstić information content (AvgIpc) is 2.78. The van der Waals surface area contributed by atoms with Crippen molar-refractivity contribution in [3.8, 4) is 5.75 Å². The molecule has 1 aliphatic rings. The number of ether oxygens (including phenoxy) is 1. The molecule has 1 aliphatic carbocycles. The number of rotatable bonds is 3. The molecule has 3 rings (SSSR count). The average molecular weight is 295 g/mol. The number of aromatic carboxylic acids is 1. The second-order valence-corrected chi connectivity index (χ2v) is 5.52. The highest BCUT2D eigenvalue weighted by atomic mass is 35.5. The lowest BCUT2D eigenvalue weighted by atomic mass is 9.98. The quantitative estimate of drug-likeness (QED) is 0.905. The summed E-state index contributed by atoms with van der Waals surface area (Å²) in [6, 6.07) is 5.02. The maximum atomic E-state index is 11.3. The van der Waals surface area contributed by atoms with Gasteiger partial charge >= 0.3 is 5.97 Å². The molecule has 1 saturated carbocycles. The summed E-state index contributed by atoms with van der Waals surface area (Å²) >= 11 is 5.98. The highest BCUT2D eigenvalue weighted by Gasteiger charge is 2.25. The van der Waals surface area contributed by atoms with Gasteiger partial charge in [0.1, 0.15) is 5.58 Å². The maximum Gasteiger partial charge on any atom is 0.375 e. The van der Waals surface area contributed by atoms with Crippen molar-refractivity contribution < 1.29 is 19.1 Å². The Balaban J connectivity index is 2.03. The molecule has 1 heterocycles. The molecule has 1 N–H and O–H groups in total. The minimum absolute atomic E-state index is 0.0571. The van der Waals surface area contributed by atoms with E-state index in [4.69, 9.17) is 20.8 Å². The number of carboxylic acid groups (broad SMARTS) is 1. The van der Waals surface area contributed by atoms with Crippen molar-refractivity contribution in [3.63, 3.8) is 0 Å². The van der Waals surface area contributed by atoms with Crippen molar-refractivity contribution in [3.05, 3.63) is 29.0 Å². The van der Waals surface area contributed by atoms with Crippen molar-refractivity contribution in [2.75, 3.05) is 0 Å². The van der Waals surface area contributed by atoms with Crippen molar-refractivity contribution in [1.29, 1.82) is 0 Å². The second-order valence-electron chi connectivity index (χ2n) is 5.08. The first-order valence-electron chi connectivity index (χ1n) is 6.77. The van der Waals surface area contributed by atoms with Gasteiger partial charge in [0.15, 0.2) is 5.75 Å². The topological polar surface area (TPSA) is 59.7 Å². The molecule has 0 bridgehead atoms. The van der Waals surface area contributed by atoms with Gasteiger partial charge in [-0.1, -0.05) is 18.0 Å². The van der Waals surface area contributed by atoms with E-state index in [0.717, 1.165) is 25.7 Å². The molecule has 2 aromatic rings. The van der Waals surface area contributed by atoms with Crippen LogP contribution in [0.3, 0.4) is 0 Å². The summed E-state index contributed by atoms with van der Waals surface area (Å²) in [4.78, 5) is 11.3. The minimum Gasteiger partial charge on any atom is -0.485 e. The van der Waals surface area contributed by atoms with E-state index < -0.39 is 5.97 Å². The maximum absolute atomic E-state index is 11.3. The number of hydrogen-bond donors (Lipinski definition) is 1. The normalized spacial score (nSPS) is 16.4. The smallest absolute Gasteiger partial charge is 0.375 e. The van der Waals surface area contributed by atoms with E-state index in [1.807, 2.05) is 0 Å². The number of halogens is 1. The fourth-order valence-electron chi connectivity index (χ4n) is 2.65. The van der Waals surface area contributed by atoms with Crippen molar-refractivity contribution >= 4 is 28.5 Å². The summed E-state index contributed by atoms with van der Waals surface area (Å²) in [5.74, 6) is -0.960. The monoisotopic (exact) mass is 294 g/mol. The van der Waals surface area contributed by atoms with Crippen LogP contribution in [0.5, 0.6) is 5.75 Å². The summed E-state index contributed by atoms with van der Waals surface area (Å²) in [6.07, 6.45) is 5.40. The van der Waals surface area contributed by atoms with E-state index in [1.54, 1.807) is 18.2 Å². The van der Waals surface area contributed by atoms with Crippen LogP contribution in [-0.2, 0) is 0 Å². The van der Waals surface area contributed by atoms with Gasteiger partial charge in [0.05, 0.1) is 11.5 Å². The molecule has 0 saturated heterocycles. The molecule has 20 heavy (non-hydrogen) atoms.